The molecule has 0 bridgehead atoms. The largest absolute Gasteiger partial charge is 0.391 e. The number of nitrogens with one attached hydrogen (secondary N) is 1. The lowest BCUT2D eigenvalue weighted by Crippen LogP contribution is -2.56. The van der Waals surface area contributed by atoms with Gasteiger partial charge in [-0.3, -0.25) is 9.59 Å². The molecule has 240 valence electrons. The van der Waals surface area contributed by atoms with Crippen LogP contribution in [0.15, 0.2) is 12.2 Å². The van der Waals surface area contributed by atoms with E-state index in [1.165, 1.54) is 75.9 Å². The lowest BCUT2D eigenvalue weighted by atomic mass is 9.99. The Kier molecular flexibility index (Phi) is 20.2. The van der Waals surface area contributed by atoms with Gasteiger partial charge in [0.15, 0.2) is 6.10 Å². The van der Waals surface area contributed by atoms with E-state index in [0.717, 1.165) is 19.3 Å². The lowest BCUT2D eigenvalue weighted by Gasteiger charge is -2.32. The Bertz CT molecular complexity index is 733. The zero-order valence-electron chi connectivity index (χ0n) is 26.4. The van der Waals surface area contributed by atoms with Gasteiger partial charge in [-0.05, 0) is 25.2 Å². The number of likely N-dealkylation sites (tertiary alicyclic amines) is 1. The van der Waals surface area contributed by atoms with Gasteiger partial charge in [-0.25, -0.2) is 0 Å². The quantitative estimate of drug-likeness (QED) is 0.111. The first-order chi connectivity index (χ1) is 19.6. The summed E-state index contributed by atoms with van der Waals surface area (Å²) in [4.78, 5) is 27.4. The Morgan fingerprint density at radius 1 is 0.976 bits per heavy atom. The van der Waals surface area contributed by atoms with Crippen LogP contribution in [-0.4, -0.2) is 95.9 Å². The fraction of sp³-hybridized carbons (Fsp3) is 0.875. The summed E-state index contributed by atoms with van der Waals surface area (Å²) >= 11 is 0. The Hall–Kier alpha value is -1.52. The molecule has 0 saturated carbocycles. The molecule has 1 aliphatic heterocycles. The summed E-state index contributed by atoms with van der Waals surface area (Å²) in [5.74, 6) is -0.721. The molecule has 0 spiro atoms. The van der Waals surface area contributed by atoms with Crippen molar-refractivity contribution in [1.29, 1.82) is 0 Å². The minimum absolute atomic E-state index is 0.174. The highest BCUT2D eigenvalue weighted by atomic mass is 16.5. The highest BCUT2D eigenvalue weighted by Gasteiger charge is 2.39. The summed E-state index contributed by atoms with van der Waals surface area (Å²) in [6.45, 7) is 6.67. The molecule has 9 nitrogen and oxygen atoms in total. The maximum absolute atomic E-state index is 13.3. The molecule has 9 heteroatoms. The van der Waals surface area contributed by atoms with Crippen LogP contribution in [-0.2, 0) is 19.1 Å². The van der Waals surface area contributed by atoms with Crippen LogP contribution in [0.2, 0.25) is 0 Å². The van der Waals surface area contributed by atoms with Gasteiger partial charge in [-0.2, -0.15) is 0 Å². The third kappa shape index (κ3) is 15.5. The van der Waals surface area contributed by atoms with E-state index in [1.807, 2.05) is 13.8 Å². The Labute approximate surface area is 249 Å². The average molecular weight is 585 g/mol. The molecule has 1 fully saturated rings. The van der Waals surface area contributed by atoms with E-state index >= 15 is 0 Å². The second-order valence-corrected chi connectivity index (χ2v) is 12.0. The van der Waals surface area contributed by atoms with Gasteiger partial charge < -0.3 is 35.0 Å². The topological polar surface area (TPSA) is 129 Å². The number of carbonyl (C=O) groups excluding carboxylic acids is 2. The summed E-state index contributed by atoms with van der Waals surface area (Å²) in [5, 5.41) is 34.4. The van der Waals surface area contributed by atoms with Crippen molar-refractivity contribution in [3.05, 3.63) is 12.2 Å². The van der Waals surface area contributed by atoms with Gasteiger partial charge in [-0.1, -0.05) is 104 Å². The van der Waals surface area contributed by atoms with Gasteiger partial charge in [0.2, 0.25) is 5.91 Å². The highest BCUT2D eigenvalue weighted by Crippen LogP contribution is 2.18. The van der Waals surface area contributed by atoms with Crippen LogP contribution in [0.4, 0.5) is 0 Å². The number of rotatable bonds is 22. The molecule has 6 atom stereocenters. The number of methoxy groups -OCH3 is 1. The zero-order chi connectivity index (χ0) is 30.6. The molecule has 2 amide bonds. The van der Waals surface area contributed by atoms with Crippen LogP contribution in [0, 0.1) is 5.92 Å². The number of unbranched alkanes of at least 4 members (excludes halogenated alkanes) is 11. The van der Waals surface area contributed by atoms with Crippen LogP contribution in [0.1, 0.15) is 111 Å². The van der Waals surface area contributed by atoms with Crippen LogP contribution >= 0.6 is 0 Å². The molecule has 1 saturated heterocycles. The number of aliphatic hydroxyl groups is 3. The van der Waals surface area contributed by atoms with E-state index in [1.54, 1.807) is 13.1 Å². The van der Waals surface area contributed by atoms with Crippen molar-refractivity contribution in [1.82, 2.24) is 10.2 Å². The first kappa shape index (κ1) is 37.5. The number of ether oxygens (including phenoxy) is 2. The standard InChI is InChI=1S/C32H60N2O7/c1-6-7-8-9-10-11-12-13-14-15-16-17-22-41-29(28(37)27(36)21-18-24(2)3)30(40-5)31(38)33-26-20-19-25(35)23-34(4)32(26)39/h18,21,24-30,35-37H,6-17,19-20,22-23H2,1-5H3,(H,33,38)/t25-,26-,27+,28-,29+,30+/m0/s1. The SMILES string of the molecule is CCCCCCCCCCCCCCO[C@H]([C@@H](O)[C@H](O)C=CC(C)C)[C@@H](OC)C(=O)N[C@H]1CC[C@H](O)CN(C)C1=O. The lowest BCUT2D eigenvalue weighted by molar-refractivity contribution is -0.160. The predicted molar refractivity (Wildman–Crippen MR) is 162 cm³/mol. The normalized spacial score (nSPS) is 21.2. The van der Waals surface area contributed by atoms with Crippen molar-refractivity contribution in [2.75, 3.05) is 27.3 Å². The van der Waals surface area contributed by atoms with E-state index in [0.29, 0.717) is 19.4 Å². The number of hydrogen-bond donors (Lipinski definition) is 4. The van der Waals surface area contributed by atoms with Crippen LogP contribution in [0.25, 0.3) is 0 Å². The molecule has 0 aliphatic carbocycles. The number of nitrogens with zero attached hydrogens (tertiary/aromatic N) is 1. The molecule has 0 aromatic heterocycles. The summed E-state index contributed by atoms with van der Waals surface area (Å²) in [6, 6.07) is -0.817. The monoisotopic (exact) mass is 584 g/mol. The smallest absolute Gasteiger partial charge is 0.252 e. The minimum atomic E-state index is -1.41. The fourth-order valence-electron chi connectivity index (χ4n) is 5.20. The molecular formula is C32H60N2O7. The van der Waals surface area contributed by atoms with Crippen molar-refractivity contribution in [3.8, 4) is 0 Å². The Balaban J connectivity index is 2.67. The second kappa shape index (κ2) is 22.1. The molecule has 1 heterocycles. The van der Waals surface area contributed by atoms with Gasteiger partial charge in [0.25, 0.3) is 5.91 Å². The molecule has 1 aliphatic rings. The van der Waals surface area contributed by atoms with E-state index in [-0.39, 0.29) is 18.4 Å². The molecule has 0 unspecified atom stereocenters. The number of likely N-dealkylation sites (N-methyl/N-ethyl adjacent to an activating group) is 1. The van der Waals surface area contributed by atoms with Gasteiger partial charge >= 0.3 is 0 Å². The van der Waals surface area contributed by atoms with Gasteiger partial charge in [0.1, 0.15) is 24.4 Å². The molecule has 0 aromatic rings. The summed E-state index contributed by atoms with van der Waals surface area (Å²) < 4.78 is 11.5. The number of hydrogen-bond acceptors (Lipinski definition) is 7. The van der Waals surface area contributed by atoms with Gasteiger partial charge in [0.05, 0.1) is 6.10 Å². The summed E-state index contributed by atoms with van der Waals surface area (Å²) in [6.07, 6.45) is 12.8. The highest BCUT2D eigenvalue weighted by molar-refractivity contribution is 5.89. The number of allylic oxidation sites excluding steroid dienone is 1. The summed E-state index contributed by atoms with van der Waals surface area (Å²) in [5.41, 5.74) is 0. The van der Waals surface area contributed by atoms with Crippen molar-refractivity contribution >= 4 is 11.8 Å². The average Bonchev–Trinajstić information content (AvgIpc) is 3.05. The van der Waals surface area contributed by atoms with Gasteiger partial charge in [-0.15, -0.1) is 0 Å². The first-order valence-electron chi connectivity index (χ1n) is 16.0. The van der Waals surface area contributed by atoms with Crippen LogP contribution in [0.3, 0.4) is 0 Å². The molecule has 0 aromatic carbocycles. The fourth-order valence-corrected chi connectivity index (χ4v) is 5.20. The van der Waals surface area contributed by atoms with E-state index < -0.39 is 42.5 Å². The van der Waals surface area contributed by atoms with E-state index in [4.69, 9.17) is 9.47 Å². The number of β-amino-alcohol motifs (C(OH)–C–C–N with tert-alkyl or cyclic N) is 1. The van der Waals surface area contributed by atoms with E-state index in [9.17, 15) is 24.9 Å². The van der Waals surface area contributed by atoms with E-state index in [2.05, 4.69) is 12.2 Å². The van der Waals surface area contributed by atoms with Crippen LogP contribution in [0.5, 0.6) is 0 Å². The second-order valence-electron chi connectivity index (χ2n) is 12.0. The summed E-state index contributed by atoms with van der Waals surface area (Å²) in [7, 11) is 2.93. The number of aliphatic hydroxyl groups excluding tert-OH is 3. The maximum Gasteiger partial charge on any atom is 0.252 e. The molecule has 4 N–H and O–H groups in total. The minimum Gasteiger partial charge on any atom is -0.391 e. The van der Waals surface area contributed by atoms with Crippen molar-refractivity contribution < 1.29 is 34.4 Å². The van der Waals surface area contributed by atoms with Crippen molar-refractivity contribution in [2.45, 2.75) is 147 Å². The third-order valence-corrected chi connectivity index (χ3v) is 7.76. The van der Waals surface area contributed by atoms with Crippen molar-refractivity contribution in [2.24, 2.45) is 5.92 Å². The zero-order valence-corrected chi connectivity index (χ0v) is 26.4. The molecule has 41 heavy (non-hydrogen) atoms. The van der Waals surface area contributed by atoms with Gasteiger partial charge in [0, 0.05) is 27.3 Å². The first-order valence-corrected chi connectivity index (χ1v) is 16.0. The number of carbonyl (C=O) groups is 2. The molecule has 1 rings (SSSR count). The third-order valence-electron chi connectivity index (χ3n) is 7.76. The maximum atomic E-state index is 13.3. The van der Waals surface area contributed by atoms with Crippen molar-refractivity contribution in [3.63, 3.8) is 0 Å². The van der Waals surface area contributed by atoms with Crippen LogP contribution < -0.4 is 5.32 Å². The molecule has 0 radical (unpaired) electrons. The Morgan fingerprint density at radius 2 is 1.54 bits per heavy atom. The number of amides is 2. The Morgan fingerprint density at radius 3 is 2.07 bits per heavy atom. The molecular weight excluding hydrogens is 524 g/mol. The predicted octanol–water partition coefficient (Wildman–Crippen LogP) is 4.12.